The summed E-state index contributed by atoms with van der Waals surface area (Å²) in [6.45, 7) is 4.98. The van der Waals surface area contributed by atoms with Gasteiger partial charge in [0.15, 0.2) is 0 Å². The van der Waals surface area contributed by atoms with Crippen LogP contribution in [0.5, 0.6) is 0 Å². The van der Waals surface area contributed by atoms with Crippen LogP contribution < -0.4 is 5.32 Å². The van der Waals surface area contributed by atoms with Gasteiger partial charge in [0.25, 0.3) is 0 Å². The maximum Gasteiger partial charge on any atom is 0.0481 e. The first-order valence-corrected chi connectivity index (χ1v) is 5.53. The summed E-state index contributed by atoms with van der Waals surface area (Å²) in [5.74, 6) is 0. The molecule has 84 valence electrons. The van der Waals surface area contributed by atoms with E-state index in [0.29, 0.717) is 6.04 Å². The Bertz CT molecular complexity index is 314. The molecule has 0 saturated carbocycles. The van der Waals surface area contributed by atoms with Gasteiger partial charge in [-0.15, -0.1) is 0 Å². The fourth-order valence-corrected chi connectivity index (χ4v) is 1.65. The molecule has 0 aromatic heterocycles. The van der Waals surface area contributed by atoms with Crippen LogP contribution in [0.1, 0.15) is 18.9 Å². The molecule has 1 rings (SSSR count). The number of nitrogens with one attached hydrogen (secondary N) is 1. The number of hydrogen-bond acceptors (Lipinski definition) is 2. The molecule has 0 aliphatic carbocycles. The zero-order valence-corrected chi connectivity index (χ0v) is 10.3. The van der Waals surface area contributed by atoms with E-state index in [4.69, 9.17) is 16.3 Å². The summed E-state index contributed by atoms with van der Waals surface area (Å²) in [6.07, 6.45) is 0.999. The van der Waals surface area contributed by atoms with Gasteiger partial charge in [0.05, 0.1) is 0 Å². The summed E-state index contributed by atoms with van der Waals surface area (Å²) >= 11 is 5.89. The first-order valence-electron chi connectivity index (χ1n) is 5.15. The molecule has 1 atom stereocenters. The molecule has 0 aliphatic rings. The van der Waals surface area contributed by atoms with Crippen LogP contribution in [-0.2, 0) is 4.74 Å². The largest absolute Gasteiger partial charge is 0.385 e. The van der Waals surface area contributed by atoms with Crippen molar-refractivity contribution in [3.63, 3.8) is 0 Å². The molecule has 0 aliphatic heterocycles. The average Bonchev–Trinajstić information content (AvgIpc) is 2.19. The summed E-state index contributed by atoms with van der Waals surface area (Å²) < 4.78 is 5.04. The Hall–Kier alpha value is -0.730. The van der Waals surface area contributed by atoms with Crippen LogP contribution in [-0.4, -0.2) is 19.8 Å². The van der Waals surface area contributed by atoms with Crippen molar-refractivity contribution >= 4 is 17.3 Å². The van der Waals surface area contributed by atoms with E-state index in [9.17, 15) is 0 Å². The summed E-state index contributed by atoms with van der Waals surface area (Å²) in [6, 6.07) is 6.29. The SMILES string of the molecule is COCCC(C)Nc1ccc(Cl)cc1C. The van der Waals surface area contributed by atoms with Crippen molar-refractivity contribution < 1.29 is 4.74 Å². The lowest BCUT2D eigenvalue weighted by Gasteiger charge is -2.16. The van der Waals surface area contributed by atoms with Crippen LogP contribution >= 0.6 is 11.6 Å². The minimum atomic E-state index is 0.407. The number of benzene rings is 1. The molecule has 1 unspecified atom stereocenters. The van der Waals surface area contributed by atoms with Crippen molar-refractivity contribution in [3.8, 4) is 0 Å². The van der Waals surface area contributed by atoms with Crippen molar-refractivity contribution in [2.75, 3.05) is 19.0 Å². The van der Waals surface area contributed by atoms with Crippen molar-refractivity contribution in [1.82, 2.24) is 0 Å². The van der Waals surface area contributed by atoms with Crippen molar-refractivity contribution in [1.29, 1.82) is 0 Å². The van der Waals surface area contributed by atoms with E-state index in [2.05, 4.69) is 19.2 Å². The minimum Gasteiger partial charge on any atom is -0.385 e. The highest BCUT2D eigenvalue weighted by atomic mass is 35.5. The number of anilines is 1. The van der Waals surface area contributed by atoms with E-state index in [1.54, 1.807) is 7.11 Å². The molecule has 0 fully saturated rings. The first kappa shape index (κ1) is 12.3. The van der Waals surface area contributed by atoms with E-state index in [1.165, 1.54) is 5.56 Å². The highest BCUT2D eigenvalue weighted by molar-refractivity contribution is 6.30. The summed E-state index contributed by atoms with van der Waals surface area (Å²) in [7, 11) is 1.72. The number of methoxy groups -OCH3 is 1. The van der Waals surface area contributed by atoms with E-state index in [-0.39, 0.29) is 0 Å². The second kappa shape index (κ2) is 5.99. The lowest BCUT2D eigenvalue weighted by molar-refractivity contribution is 0.191. The van der Waals surface area contributed by atoms with E-state index in [0.717, 1.165) is 23.7 Å². The molecule has 0 amide bonds. The Kier molecular flexibility index (Phi) is 4.92. The maximum absolute atomic E-state index is 5.89. The smallest absolute Gasteiger partial charge is 0.0481 e. The quantitative estimate of drug-likeness (QED) is 0.832. The zero-order valence-electron chi connectivity index (χ0n) is 9.51. The van der Waals surface area contributed by atoms with Gasteiger partial charge < -0.3 is 10.1 Å². The van der Waals surface area contributed by atoms with Gasteiger partial charge in [0, 0.05) is 30.5 Å². The number of ether oxygens (including phenoxy) is 1. The Labute approximate surface area is 96.6 Å². The van der Waals surface area contributed by atoms with Crippen LogP contribution in [0, 0.1) is 6.92 Å². The van der Waals surface area contributed by atoms with Crippen molar-refractivity contribution in [3.05, 3.63) is 28.8 Å². The molecule has 0 heterocycles. The molecular formula is C12H18ClNO. The number of aryl methyl sites for hydroxylation is 1. The third-order valence-corrected chi connectivity index (χ3v) is 2.58. The zero-order chi connectivity index (χ0) is 11.3. The Morgan fingerprint density at radius 2 is 2.20 bits per heavy atom. The van der Waals surface area contributed by atoms with E-state index >= 15 is 0 Å². The summed E-state index contributed by atoms with van der Waals surface area (Å²) in [5.41, 5.74) is 2.31. The van der Waals surface area contributed by atoms with Gasteiger partial charge >= 0.3 is 0 Å². The topological polar surface area (TPSA) is 21.3 Å². The Morgan fingerprint density at radius 3 is 2.80 bits per heavy atom. The van der Waals surface area contributed by atoms with Crippen LogP contribution in [0.2, 0.25) is 5.02 Å². The molecule has 15 heavy (non-hydrogen) atoms. The van der Waals surface area contributed by atoms with Crippen LogP contribution in [0.25, 0.3) is 0 Å². The average molecular weight is 228 g/mol. The van der Waals surface area contributed by atoms with Gasteiger partial charge in [0.1, 0.15) is 0 Å². The predicted octanol–water partition coefficient (Wildman–Crippen LogP) is 3.49. The molecule has 1 N–H and O–H groups in total. The fraction of sp³-hybridized carbons (Fsp3) is 0.500. The molecule has 2 nitrogen and oxygen atoms in total. The number of hydrogen-bond donors (Lipinski definition) is 1. The van der Waals surface area contributed by atoms with Gasteiger partial charge in [-0.1, -0.05) is 11.6 Å². The normalized spacial score (nSPS) is 12.5. The van der Waals surface area contributed by atoms with Crippen LogP contribution in [0.4, 0.5) is 5.69 Å². The Balaban J connectivity index is 2.56. The van der Waals surface area contributed by atoms with Gasteiger partial charge in [-0.2, -0.15) is 0 Å². The standard InChI is InChI=1S/C12H18ClNO/c1-9-8-11(13)4-5-12(9)14-10(2)6-7-15-3/h4-5,8,10,14H,6-7H2,1-3H3. The van der Waals surface area contributed by atoms with Gasteiger partial charge in [-0.3, -0.25) is 0 Å². The van der Waals surface area contributed by atoms with Crippen LogP contribution in [0.3, 0.4) is 0 Å². The second-order valence-corrected chi connectivity index (χ2v) is 4.22. The molecule has 3 heteroatoms. The highest BCUT2D eigenvalue weighted by Crippen LogP contribution is 2.20. The molecule has 0 bridgehead atoms. The predicted molar refractivity (Wildman–Crippen MR) is 65.8 cm³/mol. The Morgan fingerprint density at radius 1 is 1.47 bits per heavy atom. The summed E-state index contributed by atoms with van der Waals surface area (Å²) in [4.78, 5) is 0. The number of halogens is 1. The van der Waals surface area contributed by atoms with E-state index in [1.807, 2.05) is 18.2 Å². The highest BCUT2D eigenvalue weighted by Gasteiger charge is 2.04. The molecule has 1 aromatic carbocycles. The minimum absolute atomic E-state index is 0.407. The third-order valence-electron chi connectivity index (χ3n) is 2.35. The van der Waals surface area contributed by atoms with E-state index < -0.39 is 0 Å². The van der Waals surface area contributed by atoms with Gasteiger partial charge in [-0.05, 0) is 44.0 Å². The maximum atomic E-state index is 5.89. The molecule has 0 radical (unpaired) electrons. The van der Waals surface area contributed by atoms with Crippen molar-refractivity contribution in [2.45, 2.75) is 26.3 Å². The molecule has 0 saturated heterocycles. The molecule has 1 aromatic rings. The number of rotatable bonds is 5. The molecule has 0 spiro atoms. The third kappa shape index (κ3) is 4.10. The van der Waals surface area contributed by atoms with Crippen LogP contribution in [0.15, 0.2) is 18.2 Å². The lowest BCUT2D eigenvalue weighted by Crippen LogP contribution is -2.17. The first-order chi connectivity index (χ1) is 7.13. The lowest BCUT2D eigenvalue weighted by atomic mass is 10.1. The summed E-state index contributed by atoms with van der Waals surface area (Å²) in [5, 5.41) is 4.21. The fourth-order valence-electron chi connectivity index (χ4n) is 1.42. The molecular weight excluding hydrogens is 210 g/mol. The van der Waals surface area contributed by atoms with Crippen molar-refractivity contribution in [2.24, 2.45) is 0 Å². The monoisotopic (exact) mass is 227 g/mol. The second-order valence-electron chi connectivity index (χ2n) is 3.79. The van der Waals surface area contributed by atoms with Gasteiger partial charge in [0.2, 0.25) is 0 Å². The van der Waals surface area contributed by atoms with Gasteiger partial charge in [-0.25, -0.2) is 0 Å².